The van der Waals surface area contributed by atoms with Crippen molar-refractivity contribution in [1.29, 1.82) is 0 Å². The van der Waals surface area contributed by atoms with Gasteiger partial charge < -0.3 is 4.42 Å². The Balaban J connectivity index is 1.72. The molecule has 5 aromatic rings. The average Bonchev–Trinajstić information content (AvgIpc) is 3.00. The minimum absolute atomic E-state index is 0.102. The molecule has 4 heteroatoms. The average molecular weight is 326 g/mol. The molecule has 0 aliphatic carbocycles. The van der Waals surface area contributed by atoms with E-state index in [1.165, 1.54) is 5.56 Å². The van der Waals surface area contributed by atoms with E-state index < -0.39 is 0 Å². The largest absolute Gasteiger partial charge is 0.424 e. The van der Waals surface area contributed by atoms with Crippen LogP contribution < -0.4 is 5.56 Å². The van der Waals surface area contributed by atoms with Crippen LogP contribution in [0.15, 0.2) is 82.0 Å². The van der Waals surface area contributed by atoms with E-state index in [4.69, 9.17) is 4.42 Å². The van der Waals surface area contributed by atoms with Crippen LogP contribution in [0.2, 0.25) is 0 Å². The third kappa shape index (κ3) is 2.22. The zero-order valence-electron chi connectivity index (χ0n) is 13.3. The van der Waals surface area contributed by atoms with Gasteiger partial charge in [-0.1, -0.05) is 48.5 Å². The monoisotopic (exact) mass is 326 g/mol. The number of aromatic nitrogens is 2. The van der Waals surface area contributed by atoms with Crippen molar-refractivity contribution < 1.29 is 4.42 Å². The van der Waals surface area contributed by atoms with Crippen molar-refractivity contribution in [2.24, 2.45) is 0 Å². The van der Waals surface area contributed by atoms with E-state index in [0.717, 1.165) is 23.0 Å². The second-order valence-corrected chi connectivity index (χ2v) is 6.12. The van der Waals surface area contributed by atoms with Crippen molar-refractivity contribution in [3.8, 4) is 0 Å². The topological polar surface area (TPSA) is 47.5 Å². The SMILES string of the molecule is O=c1c2ccccc2oc2nc3cc(Cc4ccccc4)ccc3n12. The van der Waals surface area contributed by atoms with Gasteiger partial charge in [0, 0.05) is 0 Å². The number of fused-ring (bicyclic) bond motifs is 4. The summed E-state index contributed by atoms with van der Waals surface area (Å²) in [4.78, 5) is 17.3. The molecule has 5 rings (SSSR count). The van der Waals surface area contributed by atoms with E-state index in [9.17, 15) is 4.79 Å². The Morgan fingerprint density at radius 2 is 1.68 bits per heavy atom. The first-order valence-corrected chi connectivity index (χ1v) is 8.16. The minimum Gasteiger partial charge on any atom is -0.424 e. The first kappa shape index (κ1) is 14.0. The van der Waals surface area contributed by atoms with Crippen LogP contribution in [0.1, 0.15) is 11.1 Å². The van der Waals surface area contributed by atoms with Crippen molar-refractivity contribution in [3.05, 3.63) is 94.3 Å². The van der Waals surface area contributed by atoms with Crippen molar-refractivity contribution in [1.82, 2.24) is 9.38 Å². The van der Waals surface area contributed by atoms with Gasteiger partial charge >= 0.3 is 5.84 Å². The molecule has 2 aromatic heterocycles. The zero-order valence-corrected chi connectivity index (χ0v) is 13.3. The second kappa shape index (κ2) is 5.31. The highest BCUT2D eigenvalue weighted by Gasteiger charge is 2.13. The van der Waals surface area contributed by atoms with Crippen molar-refractivity contribution >= 4 is 27.8 Å². The molecule has 0 saturated heterocycles. The van der Waals surface area contributed by atoms with Gasteiger partial charge in [0.25, 0.3) is 5.56 Å². The summed E-state index contributed by atoms with van der Waals surface area (Å²) in [5.41, 5.74) is 4.38. The summed E-state index contributed by atoms with van der Waals surface area (Å²) in [5.74, 6) is 0.329. The molecule has 0 bridgehead atoms. The van der Waals surface area contributed by atoms with Gasteiger partial charge in [-0.25, -0.2) is 4.40 Å². The third-order valence-electron chi connectivity index (χ3n) is 4.46. The smallest absolute Gasteiger partial charge is 0.310 e. The maximum Gasteiger partial charge on any atom is 0.310 e. The normalized spacial score (nSPS) is 11.5. The highest BCUT2D eigenvalue weighted by molar-refractivity contribution is 5.83. The van der Waals surface area contributed by atoms with Crippen LogP contribution in [0, 0.1) is 0 Å². The van der Waals surface area contributed by atoms with Crippen LogP contribution in [-0.2, 0) is 6.42 Å². The Bertz CT molecular complexity index is 1280. The molecule has 0 aliphatic heterocycles. The first-order chi connectivity index (χ1) is 12.3. The quantitative estimate of drug-likeness (QED) is 0.489. The van der Waals surface area contributed by atoms with Gasteiger partial charge in [0.05, 0.1) is 16.4 Å². The molecule has 0 unspecified atom stereocenters. The molecule has 2 heterocycles. The molecule has 0 amide bonds. The van der Waals surface area contributed by atoms with Crippen LogP contribution in [-0.4, -0.2) is 9.38 Å². The molecule has 4 nitrogen and oxygen atoms in total. The third-order valence-corrected chi connectivity index (χ3v) is 4.46. The van der Waals surface area contributed by atoms with E-state index in [1.807, 2.05) is 48.5 Å². The van der Waals surface area contributed by atoms with E-state index in [0.29, 0.717) is 16.8 Å². The lowest BCUT2D eigenvalue weighted by Crippen LogP contribution is -2.12. The molecule has 0 saturated carbocycles. The molecular weight excluding hydrogens is 312 g/mol. The molecule has 0 spiro atoms. The predicted molar refractivity (Wildman–Crippen MR) is 98.0 cm³/mol. The van der Waals surface area contributed by atoms with Gasteiger partial charge in [0.2, 0.25) is 0 Å². The maximum absolute atomic E-state index is 12.8. The molecule has 0 aliphatic rings. The fourth-order valence-electron chi connectivity index (χ4n) is 3.26. The van der Waals surface area contributed by atoms with Gasteiger partial charge in [-0.05, 0) is 41.8 Å². The number of rotatable bonds is 2. The fraction of sp³-hybridized carbons (Fsp3) is 0.0476. The Kier molecular flexibility index (Phi) is 2.97. The number of imidazole rings is 1. The summed E-state index contributed by atoms with van der Waals surface area (Å²) in [6.07, 6.45) is 0.827. The van der Waals surface area contributed by atoms with Crippen LogP contribution >= 0.6 is 0 Å². The first-order valence-electron chi connectivity index (χ1n) is 8.16. The van der Waals surface area contributed by atoms with Gasteiger partial charge in [-0.2, -0.15) is 4.98 Å². The van der Waals surface area contributed by atoms with Crippen molar-refractivity contribution in [2.45, 2.75) is 6.42 Å². The minimum atomic E-state index is -0.102. The summed E-state index contributed by atoms with van der Waals surface area (Å²) < 4.78 is 7.37. The molecular formula is C21H14N2O2. The summed E-state index contributed by atoms with van der Waals surface area (Å²) in [5, 5.41) is 0.558. The van der Waals surface area contributed by atoms with Gasteiger partial charge in [0.1, 0.15) is 5.58 Å². The van der Waals surface area contributed by atoms with Gasteiger partial charge in [-0.3, -0.25) is 4.79 Å². The number of para-hydroxylation sites is 1. The lowest BCUT2D eigenvalue weighted by molar-refractivity contribution is 0.616. The highest BCUT2D eigenvalue weighted by Crippen LogP contribution is 2.21. The number of hydrogen-bond donors (Lipinski definition) is 0. The number of benzene rings is 3. The zero-order chi connectivity index (χ0) is 16.8. The molecule has 0 N–H and O–H groups in total. The maximum atomic E-state index is 12.8. The molecule has 25 heavy (non-hydrogen) atoms. The van der Waals surface area contributed by atoms with Crippen LogP contribution in [0.3, 0.4) is 0 Å². The molecule has 0 fully saturated rings. The number of nitrogens with zero attached hydrogens (tertiary/aromatic N) is 2. The van der Waals surface area contributed by atoms with Gasteiger partial charge in [-0.15, -0.1) is 0 Å². The molecule has 0 radical (unpaired) electrons. The van der Waals surface area contributed by atoms with Crippen LogP contribution in [0.4, 0.5) is 0 Å². The lowest BCUT2D eigenvalue weighted by Gasteiger charge is -2.02. The summed E-state index contributed by atoms with van der Waals surface area (Å²) in [6.45, 7) is 0. The van der Waals surface area contributed by atoms with E-state index in [2.05, 4.69) is 17.1 Å². The van der Waals surface area contributed by atoms with Crippen molar-refractivity contribution in [3.63, 3.8) is 0 Å². The van der Waals surface area contributed by atoms with Gasteiger partial charge in [0.15, 0.2) is 0 Å². The van der Waals surface area contributed by atoms with Crippen molar-refractivity contribution in [2.75, 3.05) is 0 Å². The van der Waals surface area contributed by atoms with E-state index >= 15 is 0 Å². The standard InChI is InChI=1S/C21H14N2O2/c24-20-16-8-4-5-9-19(16)25-21-22-17-13-15(10-11-18(17)23(20)21)12-14-6-2-1-3-7-14/h1-11,13H,12H2. The van der Waals surface area contributed by atoms with E-state index in [-0.39, 0.29) is 5.56 Å². The van der Waals surface area contributed by atoms with E-state index in [1.54, 1.807) is 16.5 Å². The second-order valence-electron chi connectivity index (χ2n) is 6.12. The molecule has 3 aromatic carbocycles. The highest BCUT2D eigenvalue weighted by atomic mass is 16.3. The van der Waals surface area contributed by atoms with Crippen LogP contribution in [0.25, 0.3) is 27.8 Å². The Morgan fingerprint density at radius 3 is 2.56 bits per heavy atom. The summed E-state index contributed by atoms with van der Waals surface area (Å²) in [6, 6.07) is 23.5. The molecule has 0 atom stereocenters. The Morgan fingerprint density at radius 1 is 0.880 bits per heavy atom. The number of hydrogen-bond acceptors (Lipinski definition) is 3. The lowest BCUT2D eigenvalue weighted by atomic mass is 10.0. The predicted octanol–water partition coefficient (Wildman–Crippen LogP) is 4.18. The Labute approximate surface area is 143 Å². The fourth-order valence-corrected chi connectivity index (χ4v) is 3.26. The summed E-state index contributed by atoms with van der Waals surface area (Å²) in [7, 11) is 0. The Hall–Kier alpha value is -3.40. The summed E-state index contributed by atoms with van der Waals surface area (Å²) >= 11 is 0. The van der Waals surface area contributed by atoms with Crippen LogP contribution in [0.5, 0.6) is 0 Å². The molecule has 120 valence electrons.